The Kier molecular flexibility index (Phi) is 8.87. The van der Waals surface area contributed by atoms with Gasteiger partial charge in [0.15, 0.2) is 6.19 Å². The van der Waals surface area contributed by atoms with Gasteiger partial charge in [0.1, 0.15) is 0 Å². The highest BCUT2D eigenvalue weighted by molar-refractivity contribution is 5.94. The second-order valence-corrected chi connectivity index (χ2v) is 7.70. The summed E-state index contributed by atoms with van der Waals surface area (Å²) in [4.78, 5) is 25.3. The predicted octanol–water partition coefficient (Wildman–Crippen LogP) is 0.987. The standard InChI is InChI=1S/C21H32N8O/c22-17-26-21(27-18-6-10-23-11-7-18)25-8-2-1-3-12-28-13-15-29(16-14-28)20(30)19-5-4-9-24-19/h6-7,10-11,19,24H,1-5,8-9,12-16H2,(H2,23,25,26,27). The van der Waals surface area contributed by atoms with E-state index in [1.807, 2.05) is 23.2 Å². The number of carbonyl (C=O) groups excluding carboxylic acids is 1. The molecule has 2 saturated heterocycles. The molecule has 3 N–H and O–H groups in total. The van der Waals surface area contributed by atoms with Gasteiger partial charge in [-0.15, -0.1) is 0 Å². The summed E-state index contributed by atoms with van der Waals surface area (Å²) in [5, 5.41) is 17.9. The van der Waals surface area contributed by atoms with Crippen molar-refractivity contribution >= 4 is 17.6 Å². The molecular formula is C21H32N8O. The summed E-state index contributed by atoms with van der Waals surface area (Å²) in [5.41, 5.74) is 0.841. The molecule has 1 aromatic rings. The summed E-state index contributed by atoms with van der Waals surface area (Å²) in [7, 11) is 0. The molecule has 1 amide bonds. The molecule has 0 saturated carbocycles. The molecule has 1 unspecified atom stereocenters. The zero-order valence-corrected chi connectivity index (χ0v) is 17.5. The second-order valence-electron chi connectivity index (χ2n) is 7.70. The van der Waals surface area contributed by atoms with Crippen molar-refractivity contribution in [3.63, 3.8) is 0 Å². The van der Waals surface area contributed by atoms with E-state index >= 15 is 0 Å². The molecule has 0 aromatic carbocycles. The zero-order valence-electron chi connectivity index (χ0n) is 17.5. The highest BCUT2D eigenvalue weighted by atomic mass is 16.2. The lowest BCUT2D eigenvalue weighted by Crippen LogP contribution is -2.53. The number of nitriles is 1. The van der Waals surface area contributed by atoms with Gasteiger partial charge < -0.3 is 15.5 Å². The van der Waals surface area contributed by atoms with Crippen molar-refractivity contribution in [3.8, 4) is 6.19 Å². The predicted molar refractivity (Wildman–Crippen MR) is 117 cm³/mol. The van der Waals surface area contributed by atoms with E-state index in [1.165, 1.54) is 0 Å². The summed E-state index contributed by atoms with van der Waals surface area (Å²) in [6, 6.07) is 3.70. The number of piperazine rings is 1. The second kappa shape index (κ2) is 12.1. The minimum atomic E-state index is 0.0468. The topological polar surface area (TPSA) is 109 Å². The molecule has 0 radical (unpaired) electrons. The number of rotatable bonds is 8. The number of hydrogen-bond acceptors (Lipinski definition) is 6. The van der Waals surface area contributed by atoms with Gasteiger partial charge >= 0.3 is 0 Å². The van der Waals surface area contributed by atoms with Crippen LogP contribution in [0.25, 0.3) is 0 Å². The number of nitrogens with zero attached hydrogens (tertiary/aromatic N) is 5. The van der Waals surface area contributed by atoms with Crippen LogP contribution >= 0.6 is 0 Å². The third-order valence-electron chi connectivity index (χ3n) is 5.56. The van der Waals surface area contributed by atoms with Crippen LogP contribution in [0.4, 0.5) is 5.69 Å². The number of guanidine groups is 1. The maximum absolute atomic E-state index is 12.5. The van der Waals surface area contributed by atoms with Crippen molar-refractivity contribution in [2.45, 2.75) is 38.1 Å². The van der Waals surface area contributed by atoms with Crippen molar-refractivity contribution in [1.29, 1.82) is 5.26 Å². The van der Waals surface area contributed by atoms with Crippen LogP contribution in [0.5, 0.6) is 0 Å². The van der Waals surface area contributed by atoms with Crippen molar-refractivity contribution in [3.05, 3.63) is 24.5 Å². The number of amides is 1. The van der Waals surface area contributed by atoms with Crippen LogP contribution in [-0.2, 0) is 4.79 Å². The number of nitrogens with one attached hydrogen (secondary N) is 3. The molecule has 1 aromatic heterocycles. The van der Waals surface area contributed by atoms with Gasteiger partial charge in [-0.2, -0.15) is 5.26 Å². The van der Waals surface area contributed by atoms with E-state index in [0.29, 0.717) is 12.5 Å². The normalized spacial score (nSPS) is 20.0. The molecule has 3 heterocycles. The highest BCUT2D eigenvalue weighted by Crippen LogP contribution is 2.12. The zero-order chi connectivity index (χ0) is 21.0. The smallest absolute Gasteiger partial charge is 0.239 e. The molecule has 0 spiro atoms. The van der Waals surface area contributed by atoms with Gasteiger partial charge in [0.2, 0.25) is 11.9 Å². The first-order valence-electron chi connectivity index (χ1n) is 10.9. The Balaban J connectivity index is 1.28. The van der Waals surface area contributed by atoms with E-state index in [0.717, 1.165) is 77.1 Å². The largest absolute Gasteiger partial charge is 0.339 e. The van der Waals surface area contributed by atoms with Crippen LogP contribution in [0, 0.1) is 11.5 Å². The van der Waals surface area contributed by atoms with Gasteiger partial charge in [0, 0.05) is 50.8 Å². The first-order valence-corrected chi connectivity index (χ1v) is 10.9. The van der Waals surface area contributed by atoms with Crippen molar-refractivity contribution in [2.75, 3.05) is 51.1 Å². The highest BCUT2D eigenvalue weighted by Gasteiger charge is 2.28. The SMILES string of the molecule is N#CNC(=NCCCCCN1CCN(C(=O)C2CCCN2)CC1)Nc1ccncc1. The van der Waals surface area contributed by atoms with Crippen LogP contribution in [0.2, 0.25) is 0 Å². The number of pyridine rings is 1. The fourth-order valence-corrected chi connectivity index (χ4v) is 3.86. The molecule has 3 rings (SSSR count). The number of aliphatic imine (C=N–C) groups is 1. The first-order chi connectivity index (χ1) is 14.8. The average Bonchev–Trinajstić information content (AvgIpc) is 3.32. The van der Waals surface area contributed by atoms with Crippen LogP contribution in [0.3, 0.4) is 0 Å². The third kappa shape index (κ3) is 6.97. The molecule has 2 aliphatic heterocycles. The summed E-state index contributed by atoms with van der Waals surface area (Å²) >= 11 is 0. The molecule has 0 aliphatic carbocycles. The average molecular weight is 413 g/mol. The number of unbranched alkanes of at least 4 members (excludes halogenated alkanes) is 2. The number of hydrogen-bond donors (Lipinski definition) is 3. The lowest BCUT2D eigenvalue weighted by atomic mass is 10.1. The van der Waals surface area contributed by atoms with Gasteiger partial charge in [0.25, 0.3) is 0 Å². The molecule has 1 atom stereocenters. The molecule has 2 fully saturated rings. The van der Waals surface area contributed by atoms with Gasteiger partial charge in [-0.05, 0) is 50.9 Å². The van der Waals surface area contributed by atoms with Crippen LogP contribution in [0.15, 0.2) is 29.5 Å². The molecule has 162 valence electrons. The summed E-state index contributed by atoms with van der Waals surface area (Å²) in [6.07, 6.45) is 10.6. The molecule has 9 nitrogen and oxygen atoms in total. The summed E-state index contributed by atoms with van der Waals surface area (Å²) < 4.78 is 0. The van der Waals surface area contributed by atoms with E-state index in [1.54, 1.807) is 12.4 Å². The van der Waals surface area contributed by atoms with Crippen LogP contribution < -0.4 is 16.0 Å². The van der Waals surface area contributed by atoms with Gasteiger partial charge in [-0.25, -0.2) is 0 Å². The maximum Gasteiger partial charge on any atom is 0.239 e. The minimum Gasteiger partial charge on any atom is -0.339 e. The minimum absolute atomic E-state index is 0.0468. The van der Waals surface area contributed by atoms with Crippen molar-refractivity contribution in [1.82, 2.24) is 25.4 Å². The Morgan fingerprint density at radius 1 is 1.23 bits per heavy atom. The Bertz CT molecular complexity index is 718. The van der Waals surface area contributed by atoms with Crippen LogP contribution in [0.1, 0.15) is 32.1 Å². The fourth-order valence-electron chi connectivity index (χ4n) is 3.86. The van der Waals surface area contributed by atoms with Gasteiger partial charge in [0.05, 0.1) is 6.04 Å². The van der Waals surface area contributed by atoms with E-state index in [4.69, 9.17) is 5.26 Å². The number of aromatic nitrogens is 1. The van der Waals surface area contributed by atoms with E-state index < -0.39 is 0 Å². The fraction of sp³-hybridized carbons (Fsp3) is 0.619. The Morgan fingerprint density at radius 2 is 2.03 bits per heavy atom. The first kappa shape index (κ1) is 22.0. The maximum atomic E-state index is 12.5. The lowest BCUT2D eigenvalue weighted by molar-refractivity contribution is -0.134. The quantitative estimate of drug-likeness (QED) is 0.192. The van der Waals surface area contributed by atoms with Gasteiger partial charge in [-0.3, -0.25) is 25.0 Å². The van der Waals surface area contributed by atoms with E-state index in [-0.39, 0.29) is 11.9 Å². The summed E-state index contributed by atoms with van der Waals surface area (Å²) in [5.74, 6) is 0.744. The molecule has 2 aliphatic rings. The molecular weight excluding hydrogens is 380 g/mol. The number of anilines is 1. The van der Waals surface area contributed by atoms with Gasteiger partial charge in [-0.1, -0.05) is 6.42 Å². The third-order valence-corrected chi connectivity index (χ3v) is 5.56. The van der Waals surface area contributed by atoms with E-state index in [9.17, 15) is 4.79 Å². The summed E-state index contributed by atoms with van der Waals surface area (Å²) in [6.45, 7) is 6.29. The number of carbonyl (C=O) groups is 1. The lowest BCUT2D eigenvalue weighted by Gasteiger charge is -2.36. The Hall–Kier alpha value is -2.70. The molecule has 30 heavy (non-hydrogen) atoms. The van der Waals surface area contributed by atoms with Crippen LogP contribution in [-0.4, -0.2) is 78.5 Å². The molecule has 0 bridgehead atoms. The Morgan fingerprint density at radius 3 is 2.73 bits per heavy atom. The van der Waals surface area contributed by atoms with Crippen molar-refractivity contribution in [2.24, 2.45) is 4.99 Å². The molecule has 9 heteroatoms. The Labute approximate surface area is 178 Å². The van der Waals surface area contributed by atoms with E-state index in [2.05, 4.69) is 30.8 Å². The van der Waals surface area contributed by atoms with Crippen molar-refractivity contribution < 1.29 is 4.79 Å². The monoisotopic (exact) mass is 412 g/mol.